The Morgan fingerprint density at radius 1 is 1.00 bits per heavy atom. The quantitative estimate of drug-likeness (QED) is 0.902. The lowest BCUT2D eigenvalue weighted by Crippen LogP contribution is -2.34. The van der Waals surface area contributed by atoms with Gasteiger partial charge in [0.1, 0.15) is 0 Å². The van der Waals surface area contributed by atoms with Gasteiger partial charge in [0.25, 0.3) is 0 Å². The van der Waals surface area contributed by atoms with E-state index in [-0.39, 0.29) is 18.1 Å². The van der Waals surface area contributed by atoms with Crippen LogP contribution in [0.25, 0.3) is 0 Å². The molecule has 116 valence electrons. The van der Waals surface area contributed by atoms with Crippen LogP contribution < -0.4 is 10.6 Å². The standard InChI is InChI=1S/C14H17F3N2O2/c1-13(2,3)11(20)18-8-9-4-6-10(7-5-9)19-12(21)14(15,16)17/h4-7H,8H2,1-3H3,(H,18,20)(H,19,21). The van der Waals surface area contributed by atoms with Crippen molar-refractivity contribution >= 4 is 17.5 Å². The van der Waals surface area contributed by atoms with E-state index in [0.717, 1.165) is 5.56 Å². The number of carbonyl (C=O) groups is 2. The lowest BCUT2D eigenvalue weighted by molar-refractivity contribution is -0.167. The summed E-state index contributed by atoms with van der Waals surface area (Å²) in [7, 11) is 0. The molecule has 0 heterocycles. The van der Waals surface area contributed by atoms with Crippen LogP contribution in [0.2, 0.25) is 0 Å². The first kappa shape index (κ1) is 17.0. The SMILES string of the molecule is CC(C)(C)C(=O)NCc1ccc(NC(=O)C(F)(F)F)cc1. The van der Waals surface area contributed by atoms with Crippen LogP contribution >= 0.6 is 0 Å². The molecule has 0 aliphatic carbocycles. The summed E-state index contributed by atoms with van der Waals surface area (Å²) in [5, 5.41) is 4.46. The third-order valence-corrected chi connectivity index (χ3v) is 2.60. The van der Waals surface area contributed by atoms with Gasteiger partial charge in [0.2, 0.25) is 5.91 Å². The van der Waals surface area contributed by atoms with Crippen molar-refractivity contribution < 1.29 is 22.8 Å². The minimum absolute atomic E-state index is 0.0447. The summed E-state index contributed by atoms with van der Waals surface area (Å²) in [6, 6.07) is 5.77. The maximum Gasteiger partial charge on any atom is 0.471 e. The maximum absolute atomic E-state index is 12.1. The maximum atomic E-state index is 12.1. The Balaban J connectivity index is 2.59. The van der Waals surface area contributed by atoms with E-state index in [1.165, 1.54) is 24.3 Å². The average Bonchev–Trinajstić information content (AvgIpc) is 2.35. The third kappa shape index (κ3) is 5.45. The fraction of sp³-hybridized carbons (Fsp3) is 0.429. The number of hydrogen-bond acceptors (Lipinski definition) is 2. The summed E-state index contributed by atoms with van der Waals surface area (Å²) in [4.78, 5) is 22.4. The zero-order chi connectivity index (χ0) is 16.3. The van der Waals surface area contributed by atoms with Gasteiger partial charge >= 0.3 is 12.1 Å². The van der Waals surface area contributed by atoms with Crippen LogP contribution in [0.5, 0.6) is 0 Å². The monoisotopic (exact) mass is 302 g/mol. The molecule has 0 aromatic heterocycles. The molecule has 2 N–H and O–H groups in total. The van der Waals surface area contributed by atoms with Crippen molar-refractivity contribution in [2.45, 2.75) is 33.5 Å². The molecule has 0 saturated carbocycles. The molecular formula is C14H17F3N2O2. The molecule has 0 aliphatic heterocycles. The second-order valence-electron chi connectivity index (χ2n) is 5.58. The summed E-state index contributed by atoms with van der Waals surface area (Å²) in [6.45, 7) is 5.60. The Bertz CT molecular complexity index is 517. The first-order valence-corrected chi connectivity index (χ1v) is 6.25. The molecule has 0 unspecified atom stereocenters. The molecule has 0 radical (unpaired) electrons. The number of hydrogen-bond donors (Lipinski definition) is 2. The minimum atomic E-state index is -4.92. The van der Waals surface area contributed by atoms with E-state index in [1.54, 1.807) is 26.1 Å². The molecule has 4 nitrogen and oxygen atoms in total. The van der Waals surface area contributed by atoms with Crippen LogP contribution in [-0.2, 0) is 16.1 Å². The van der Waals surface area contributed by atoms with E-state index < -0.39 is 17.5 Å². The van der Waals surface area contributed by atoms with Crippen LogP contribution in [0.3, 0.4) is 0 Å². The first-order valence-electron chi connectivity index (χ1n) is 6.25. The van der Waals surface area contributed by atoms with E-state index in [9.17, 15) is 22.8 Å². The summed E-state index contributed by atoms with van der Waals surface area (Å²) >= 11 is 0. The molecule has 0 aliphatic rings. The van der Waals surface area contributed by atoms with E-state index in [2.05, 4.69) is 5.32 Å². The van der Waals surface area contributed by atoms with Crippen molar-refractivity contribution in [2.75, 3.05) is 5.32 Å². The van der Waals surface area contributed by atoms with Crippen molar-refractivity contribution in [2.24, 2.45) is 5.41 Å². The summed E-state index contributed by atoms with van der Waals surface area (Å²) in [5.41, 5.74) is 0.251. The molecule has 0 bridgehead atoms. The molecular weight excluding hydrogens is 285 g/mol. The van der Waals surface area contributed by atoms with Gasteiger partial charge in [-0.1, -0.05) is 32.9 Å². The molecule has 1 aromatic carbocycles. The number of benzene rings is 1. The Morgan fingerprint density at radius 2 is 1.52 bits per heavy atom. The first-order chi connectivity index (χ1) is 9.50. The molecule has 21 heavy (non-hydrogen) atoms. The molecule has 7 heteroatoms. The van der Waals surface area contributed by atoms with Gasteiger partial charge in [0.15, 0.2) is 0 Å². The summed E-state index contributed by atoms with van der Waals surface area (Å²) < 4.78 is 36.2. The molecule has 1 aromatic rings. The topological polar surface area (TPSA) is 58.2 Å². The normalized spacial score (nSPS) is 11.9. The van der Waals surface area contributed by atoms with Crippen molar-refractivity contribution in [3.8, 4) is 0 Å². The van der Waals surface area contributed by atoms with E-state index in [4.69, 9.17) is 0 Å². The van der Waals surface area contributed by atoms with Crippen molar-refractivity contribution in [3.05, 3.63) is 29.8 Å². The number of rotatable bonds is 3. The Morgan fingerprint density at radius 3 is 1.95 bits per heavy atom. The van der Waals surface area contributed by atoms with E-state index in [1.807, 2.05) is 0 Å². The fourth-order valence-corrected chi connectivity index (χ4v) is 1.36. The minimum Gasteiger partial charge on any atom is -0.352 e. The number of carbonyl (C=O) groups excluding carboxylic acids is 2. The largest absolute Gasteiger partial charge is 0.471 e. The van der Waals surface area contributed by atoms with Gasteiger partial charge in [-0.3, -0.25) is 9.59 Å². The zero-order valence-electron chi connectivity index (χ0n) is 12.0. The number of anilines is 1. The average molecular weight is 302 g/mol. The molecule has 0 spiro atoms. The van der Waals surface area contributed by atoms with Gasteiger partial charge in [0, 0.05) is 17.6 Å². The number of nitrogens with one attached hydrogen (secondary N) is 2. The Kier molecular flexibility index (Phi) is 4.98. The van der Waals surface area contributed by atoms with Crippen LogP contribution in [0.1, 0.15) is 26.3 Å². The predicted molar refractivity (Wildman–Crippen MR) is 72.4 cm³/mol. The lowest BCUT2D eigenvalue weighted by Gasteiger charge is -2.17. The highest BCUT2D eigenvalue weighted by molar-refractivity contribution is 5.94. The van der Waals surface area contributed by atoms with Gasteiger partial charge < -0.3 is 10.6 Å². The fourth-order valence-electron chi connectivity index (χ4n) is 1.36. The van der Waals surface area contributed by atoms with Crippen LogP contribution in [-0.4, -0.2) is 18.0 Å². The summed E-state index contributed by atoms with van der Waals surface area (Å²) in [6.07, 6.45) is -4.92. The third-order valence-electron chi connectivity index (χ3n) is 2.60. The Hall–Kier alpha value is -2.05. The molecule has 1 rings (SSSR count). The number of alkyl halides is 3. The van der Waals surface area contributed by atoms with E-state index >= 15 is 0 Å². The molecule has 0 atom stereocenters. The zero-order valence-corrected chi connectivity index (χ0v) is 12.0. The van der Waals surface area contributed by atoms with Crippen molar-refractivity contribution in [3.63, 3.8) is 0 Å². The highest BCUT2D eigenvalue weighted by Crippen LogP contribution is 2.18. The predicted octanol–water partition coefficient (Wildman–Crippen LogP) is 2.85. The van der Waals surface area contributed by atoms with Crippen molar-refractivity contribution in [1.82, 2.24) is 5.32 Å². The second-order valence-corrected chi connectivity index (χ2v) is 5.58. The second kappa shape index (κ2) is 6.15. The molecule has 0 fully saturated rings. The van der Waals surface area contributed by atoms with Crippen LogP contribution in [0.4, 0.5) is 18.9 Å². The van der Waals surface area contributed by atoms with E-state index in [0.29, 0.717) is 0 Å². The highest BCUT2D eigenvalue weighted by Gasteiger charge is 2.38. The van der Waals surface area contributed by atoms with Gasteiger partial charge in [0.05, 0.1) is 0 Å². The van der Waals surface area contributed by atoms with Gasteiger partial charge in [-0.05, 0) is 17.7 Å². The molecule has 2 amide bonds. The van der Waals surface area contributed by atoms with Gasteiger partial charge in [-0.15, -0.1) is 0 Å². The molecule has 0 saturated heterocycles. The summed E-state index contributed by atoms with van der Waals surface area (Å²) in [5.74, 6) is -2.15. The van der Waals surface area contributed by atoms with Gasteiger partial charge in [-0.2, -0.15) is 13.2 Å². The number of amides is 2. The van der Waals surface area contributed by atoms with Crippen LogP contribution in [0, 0.1) is 5.41 Å². The lowest BCUT2D eigenvalue weighted by atomic mass is 9.95. The van der Waals surface area contributed by atoms with Crippen molar-refractivity contribution in [1.29, 1.82) is 0 Å². The van der Waals surface area contributed by atoms with Crippen LogP contribution in [0.15, 0.2) is 24.3 Å². The van der Waals surface area contributed by atoms with Gasteiger partial charge in [-0.25, -0.2) is 0 Å². The Labute approximate surface area is 120 Å². The smallest absolute Gasteiger partial charge is 0.352 e. The number of halogens is 3. The highest BCUT2D eigenvalue weighted by atomic mass is 19.4.